The monoisotopic (exact) mass is 308 g/mol. The highest BCUT2D eigenvalue weighted by molar-refractivity contribution is 9.10. The zero-order chi connectivity index (χ0) is 13.1. The summed E-state index contributed by atoms with van der Waals surface area (Å²) >= 11 is 3.59. The molecule has 0 aliphatic rings. The molecule has 0 spiro atoms. The molecule has 18 heavy (non-hydrogen) atoms. The van der Waals surface area contributed by atoms with Gasteiger partial charge in [-0.25, -0.2) is 9.67 Å². The summed E-state index contributed by atoms with van der Waals surface area (Å²) in [6, 6.07) is 4.28. The van der Waals surface area contributed by atoms with Crippen LogP contribution in [-0.2, 0) is 13.1 Å². The van der Waals surface area contributed by atoms with Gasteiger partial charge in [-0.1, -0.05) is 6.07 Å². The lowest BCUT2D eigenvalue weighted by Crippen LogP contribution is -2.10. The Morgan fingerprint density at radius 2 is 2.11 bits per heavy atom. The molecule has 0 radical (unpaired) electrons. The van der Waals surface area contributed by atoms with Gasteiger partial charge in [-0.3, -0.25) is 0 Å². The minimum absolute atomic E-state index is 0.677. The topological polar surface area (TPSA) is 42.7 Å². The van der Waals surface area contributed by atoms with Gasteiger partial charge in [0.1, 0.15) is 12.2 Å². The van der Waals surface area contributed by atoms with Gasteiger partial charge in [0, 0.05) is 11.0 Å². The van der Waals surface area contributed by atoms with Crippen molar-refractivity contribution in [2.75, 3.05) is 5.32 Å². The lowest BCUT2D eigenvalue weighted by Gasteiger charge is -2.12. The number of anilines is 1. The number of aryl methyl sites for hydroxylation is 3. The third-order valence-corrected chi connectivity index (χ3v) is 3.48. The van der Waals surface area contributed by atoms with Crippen LogP contribution in [0.2, 0.25) is 0 Å². The summed E-state index contributed by atoms with van der Waals surface area (Å²) in [5.41, 5.74) is 3.59. The van der Waals surface area contributed by atoms with Crippen LogP contribution < -0.4 is 5.32 Å². The Bertz CT molecular complexity index is 525. The first-order chi connectivity index (χ1) is 8.61. The van der Waals surface area contributed by atoms with Crippen LogP contribution in [0.1, 0.15) is 23.9 Å². The third kappa shape index (κ3) is 2.72. The SMILES string of the molecule is CCn1ncnc1CNc1c(C)cc(C)cc1Br. The number of aromatic nitrogens is 3. The van der Waals surface area contributed by atoms with Crippen LogP contribution in [0.15, 0.2) is 22.9 Å². The Morgan fingerprint density at radius 1 is 1.33 bits per heavy atom. The van der Waals surface area contributed by atoms with Gasteiger partial charge in [-0.2, -0.15) is 5.10 Å². The summed E-state index contributed by atoms with van der Waals surface area (Å²) in [7, 11) is 0. The van der Waals surface area contributed by atoms with E-state index in [2.05, 4.69) is 64.2 Å². The van der Waals surface area contributed by atoms with Crippen molar-refractivity contribution in [2.45, 2.75) is 33.9 Å². The zero-order valence-corrected chi connectivity index (χ0v) is 12.5. The number of hydrogen-bond acceptors (Lipinski definition) is 3. The highest BCUT2D eigenvalue weighted by Gasteiger charge is 2.07. The summed E-state index contributed by atoms with van der Waals surface area (Å²) in [5, 5.41) is 7.58. The van der Waals surface area contributed by atoms with Crippen LogP contribution in [0.3, 0.4) is 0 Å². The molecule has 0 atom stereocenters. The van der Waals surface area contributed by atoms with Crippen LogP contribution >= 0.6 is 15.9 Å². The fourth-order valence-electron chi connectivity index (χ4n) is 2.00. The molecule has 0 bridgehead atoms. The molecule has 0 saturated heterocycles. The Morgan fingerprint density at radius 3 is 2.78 bits per heavy atom. The molecule has 1 heterocycles. The number of nitrogens with one attached hydrogen (secondary N) is 1. The van der Waals surface area contributed by atoms with E-state index in [9.17, 15) is 0 Å². The molecular formula is C13H17BrN4. The molecule has 1 aromatic carbocycles. The lowest BCUT2D eigenvalue weighted by atomic mass is 10.1. The van der Waals surface area contributed by atoms with Gasteiger partial charge in [-0.05, 0) is 53.9 Å². The Hall–Kier alpha value is -1.36. The van der Waals surface area contributed by atoms with Crippen LogP contribution in [0.5, 0.6) is 0 Å². The number of hydrogen-bond donors (Lipinski definition) is 1. The lowest BCUT2D eigenvalue weighted by molar-refractivity contribution is 0.622. The fraction of sp³-hybridized carbons (Fsp3) is 0.385. The minimum Gasteiger partial charge on any atom is -0.377 e. The number of benzene rings is 1. The van der Waals surface area contributed by atoms with Gasteiger partial charge in [0.05, 0.1) is 12.2 Å². The second-order valence-electron chi connectivity index (χ2n) is 4.28. The second-order valence-corrected chi connectivity index (χ2v) is 5.14. The maximum atomic E-state index is 4.25. The smallest absolute Gasteiger partial charge is 0.146 e. The van der Waals surface area contributed by atoms with Crippen molar-refractivity contribution < 1.29 is 0 Å². The second kappa shape index (κ2) is 5.52. The van der Waals surface area contributed by atoms with Gasteiger partial charge >= 0.3 is 0 Å². The summed E-state index contributed by atoms with van der Waals surface area (Å²) in [4.78, 5) is 4.25. The van der Waals surface area contributed by atoms with Crippen LogP contribution in [0.4, 0.5) is 5.69 Å². The quantitative estimate of drug-likeness (QED) is 0.942. The average molecular weight is 309 g/mol. The Labute approximate surface area is 116 Å². The largest absolute Gasteiger partial charge is 0.377 e. The molecule has 0 amide bonds. The molecule has 0 aliphatic carbocycles. The predicted octanol–water partition coefficient (Wildman–Crippen LogP) is 3.29. The molecule has 2 aromatic rings. The van der Waals surface area contributed by atoms with Gasteiger partial charge in [0.2, 0.25) is 0 Å². The highest BCUT2D eigenvalue weighted by atomic mass is 79.9. The molecule has 0 fully saturated rings. The Kier molecular flexibility index (Phi) is 4.01. The van der Waals surface area contributed by atoms with Crippen LogP contribution in [-0.4, -0.2) is 14.8 Å². The molecular weight excluding hydrogens is 292 g/mol. The van der Waals surface area contributed by atoms with E-state index in [4.69, 9.17) is 0 Å². The summed E-state index contributed by atoms with van der Waals surface area (Å²) in [6.45, 7) is 7.77. The van der Waals surface area contributed by atoms with Gasteiger partial charge in [-0.15, -0.1) is 0 Å². The molecule has 0 unspecified atom stereocenters. The maximum Gasteiger partial charge on any atom is 0.146 e. The summed E-state index contributed by atoms with van der Waals surface area (Å²) in [6.07, 6.45) is 1.59. The Balaban J connectivity index is 2.16. The van der Waals surface area contributed by atoms with Crippen LogP contribution in [0, 0.1) is 13.8 Å². The van der Waals surface area contributed by atoms with Crippen molar-refractivity contribution in [1.82, 2.24) is 14.8 Å². The molecule has 1 aromatic heterocycles. The fourth-order valence-corrected chi connectivity index (χ4v) is 2.81. The van der Waals surface area contributed by atoms with Gasteiger partial charge in [0.25, 0.3) is 0 Å². The summed E-state index contributed by atoms with van der Waals surface area (Å²) in [5.74, 6) is 0.948. The van der Waals surface area contributed by atoms with Crippen molar-refractivity contribution in [1.29, 1.82) is 0 Å². The van der Waals surface area contributed by atoms with Crippen LogP contribution in [0.25, 0.3) is 0 Å². The molecule has 4 nitrogen and oxygen atoms in total. The standard InChI is InChI=1S/C13H17BrN4/c1-4-18-12(16-8-17-18)7-15-13-10(3)5-9(2)6-11(13)14/h5-6,8,15H,4,7H2,1-3H3. The summed E-state index contributed by atoms with van der Waals surface area (Å²) < 4.78 is 2.98. The van der Waals surface area contributed by atoms with E-state index >= 15 is 0 Å². The van der Waals surface area contributed by atoms with Crippen molar-refractivity contribution in [2.24, 2.45) is 0 Å². The molecule has 0 saturated carbocycles. The first-order valence-corrected chi connectivity index (χ1v) is 6.78. The molecule has 5 heteroatoms. The van der Waals surface area contributed by atoms with E-state index in [1.165, 1.54) is 11.1 Å². The van der Waals surface area contributed by atoms with Gasteiger partial charge in [0.15, 0.2) is 0 Å². The van der Waals surface area contributed by atoms with E-state index in [1.54, 1.807) is 6.33 Å². The molecule has 96 valence electrons. The van der Waals surface area contributed by atoms with Crippen molar-refractivity contribution in [3.05, 3.63) is 39.9 Å². The average Bonchev–Trinajstić information content (AvgIpc) is 2.75. The van der Waals surface area contributed by atoms with Crippen molar-refractivity contribution in [3.63, 3.8) is 0 Å². The minimum atomic E-state index is 0.677. The number of nitrogens with zero attached hydrogens (tertiary/aromatic N) is 3. The molecule has 0 aliphatic heterocycles. The third-order valence-electron chi connectivity index (χ3n) is 2.85. The number of rotatable bonds is 4. The predicted molar refractivity (Wildman–Crippen MR) is 76.6 cm³/mol. The van der Waals surface area contributed by atoms with Crippen molar-refractivity contribution in [3.8, 4) is 0 Å². The first kappa shape index (κ1) is 13.1. The van der Waals surface area contributed by atoms with E-state index < -0.39 is 0 Å². The van der Waals surface area contributed by atoms with E-state index in [0.717, 1.165) is 22.5 Å². The molecule has 1 N–H and O–H groups in total. The van der Waals surface area contributed by atoms with E-state index in [-0.39, 0.29) is 0 Å². The molecule has 2 rings (SSSR count). The van der Waals surface area contributed by atoms with E-state index in [1.807, 2.05) is 4.68 Å². The van der Waals surface area contributed by atoms with E-state index in [0.29, 0.717) is 6.54 Å². The normalized spacial score (nSPS) is 10.7. The van der Waals surface area contributed by atoms with Crippen molar-refractivity contribution >= 4 is 21.6 Å². The zero-order valence-electron chi connectivity index (χ0n) is 10.9. The van der Waals surface area contributed by atoms with Gasteiger partial charge < -0.3 is 5.32 Å². The highest BCUT2D eigenvalue weighted by Crippen LogP contribution is 2.28. The first-order valence-electron chi connectivity index (χ1n) is 5.99. The number of halogens is 1. The maximum absolute atomic E-state index is 4.25.